The van der Waals surface area contributed by atoms with Crippen LogP contribution in [0.1, 0.15) is 25.6 Å². The van der Waals surface area contributed by atoms with Gasteiger partial charge in [-0.2, -0.15) is 0 Å². The minimum absolute atomic E-state index is 0.205. The number of thiophene rings is 1. The van der Waals surface area contributed by atoms with Crippen molar-refractivity contribution < 1.29 is 14.3 Å². The summed E-state index contributed by atoms with van der Waals surface area (Å²) in [6, 6.07) is 6.37. The first-order valence-corrected chi connectivity index (χ1v) is 7.17. The van der Waals surface area contributed by atoms with E-state index in [9.17, 15) is 9.59 Å². The number of ether oxygens (including phenoxy) is 1. The van der Waals surface area contributed by atoms with Crippen LogP contribution in [-0.2, 0) is 4.74 Å². The molecule has 0 aliphatic carbocycles. The Morgan fingerprint density at radius 2 is 2.05 bits per heavy atom. The van der Waals surface area contributed by atoms with E-state index in [0.29, 0.717) is 20.6 Å². The van der Waals surface area contributed by atoms with E-state index in [1.165, 1.54) is 13.2 Å². The molecule has 5 nitrogen and oxygen atoms in total. The van der Waals surface area contributed by atoms with E-state index in [0.717, 1.165) is 16.9 Å². The van der Waals surface area contributed by atoms with E-state index in [1.54, 1.807) is 25.1 Å². The highest BCUT2D eigenvalue weighted by Gasteiger charge is 2.17. The highest BCUT2D eigenvalue weighted by molar-refractivity contribution is 7.18. The van der Waals surface area contributed by atoms with Gasteiger partial charge in [0.1, 0.15) is 0 Å². The Morgan fingerprint density at radius 1 is 1.33 bits per heavy atom. The molecule has 1 amide bonds. The van der Waals surface area contributed by atoms with Crippen molar-refractivity contribution in [2.24, 2.45) is 0 Å². The summed E-state index contributed by atoms with van der Waals surface area (Å²) in [5.41, 5.74) is 7.55. The maximum Gasteiger partial charge on any atom is 0.340 e. The molecule has 21 heavy (non-hydrogen) atoms. The second-order valence-electron chi connectivity index (χ2n) is 4.30. The molecular weight excluding hydrogens is 312 g/mol. The summed E-state index contributed by atoms with van der Waals surface area (Å²) in [5, 5.41) is 2.68. The van der Waals surface area contributed by atoms with Crippen LogP contribution in [0.5, 0.6) is 0 Å². The van der Waals surface area contributed by atoms with Crippen molar-refractivity contribution >= 4 is 46.2 Å². The van der Waals surface area contributed by atoms with Crippen LogP contribution >= 0.6 is 22.9 Å². The highest BCUT2D eigenvalue weighted by atomic mass is 35.5. The van der Waals surface area contributed by atoms with Gasteiger partial charge in [-0.25, -0.2) is 4.79 Å². The molecule has 0 aliphatic rings. The Labute approximate surface area is 130 Å². The summed E-state index contributed by atoms with van der Waals surface area (Å²) >= 11 is 6.96. The van der Waals surface area contributed by atoms with Crippen molar-refractivity contribution in [3.8, 4) is 0 Å². The first kappa shape index (κ1) is 15.3. The molecule has 2 aromatic rings. The zero-order valence-corrected chi connectivity index (χ0v) is 13.0. The van der Waals surface area contributed by atoms with Gasteiger partial charge in [-0.3, -0.25) is 4.79 Å². The third kappa shape index (κ3) is 3.34. The molecule has 0 radical (unpaired) electrons. The van der Waals surface area contributed by atoms with Crippen LogP contribution in [0.15, 0.2) is 24.3 Å². The summed E-state index contributed by atoms with van der Waals surface area (Å²) in [5.74, 6) is -0.914. The Bertz CT molecular complexity index is 712. The fraction of sp³-hybridized carbons (Fsp3) is 0.143. The van der Waals surface area contributed by atoms with Crippen LogP contribution in [0, 0.1) is 6.92 Å². The number of methoxy groups -OCH3 is 1. The summed E-state index contributed by atoms with van der Waals surface area (Å²) in [4.78, 5) is 24.4. The molecule has 0 fully saturated rings. The number of anilines is 2. The molecule has 0 spiro atoms. The minimum atomic E-state index is -0.568. The van der Waals surface area contributed by atoms with Gasteiger partial charge in [0.25, 0.3) is 5.91 Å². The van der Waals surface area contributed by atoms with Gasteiger partial charge in [0.15, 0.2) is 0 Å². The van der Waals surface area contributed by atoms with Gasteiger partial charge < -0.3 is 15.8 Å². The Balaban J connectivity index is 2.36. The number of nitrogen functional groups attached to an aromatic ring is 1. The van der Waals surface area contributed by atoms with Gasteiger partial charge in [0, 0.05) is 5.69 Å². The van der Waals surface area contributed by atoms with Crippen LogP contribution in [0.2, 0.25) is 4.34 Å². The van der Waals surface area contributed by atoms with Gasteiger partial charge in [-0.05, 0) is 36.8 Å². The van der Waals surface area contributed by atoms with Gasteiger partial charge in [-0.15, -0.1) is 11.3 Å². The normalized spacial score (nSPS) is 10.2. The molecular formula is C14H13ClN2O3S. The van der Waals surface area contributed by atoms with E-state index >= 15 is 0 Å². The number of nitrogens with two attached hydrogens (primary N) is 1. The fourth-order valence-electron chi connectivity index (χ4n) is 1.73. The predicted octanol–water partition coefficient (Wildman–Crippen LogP) is 3.33. The zero-order chi connectivity index (χ0) is 15.6. The second-order valence-corrected chi connectivity index (χ2v) is 6.02. The second kappa shape index (κ2) is 6.15. The summed E-state index contributed by atoms with van der Waals surface area (Å²) in [7, 11) is 1.27. The van der Waals surface area contributed by atoms with Crippen molar-refractivity contribution in [2.45, 2.75) is 6.92 Å². The number of aryl methyl sites for hydroxylation is 1. The van der Waals surface area contributed by atoms with Crippen LogP contribution in [0.3, 0.4) is 0 Å². The van der Waals surface area contributed by atoms with Gasteiger partial charge >= 0.3 is 5.97 Å². The molecule has 1 aromatic carbocycles. The first-order valence-electron chi connectivity index (χ1n) is 5.97. The number of rotatable bonds is 3. The van der Waals surface area contributed by atoms with Crippen molar-refractivity contribution in [3.63, 3.8) is 0 Å². The number of hydrogen-bond donors (Lipinski definition) is 2. The SMILES string of the molecule is COC(=O)c1cc(N)c(C)cc1NC(=O)c1ccc(Cl)s1. The lowest BCUT2D eigenvalue weighted by Crippen LogP contribution is -2.15. The number of esters is 1. The maximum absolute atomic E-state index is 12.1. The van der Waals surface area contributed by atoms with E-state index in [2.05, 4.69) is 5.32 Å². The maximum atomic E-state index is 12.1. The third-order valence-corrected chi connectivity index (χ3v) is 4.09. The lowest BCUT2D eigenvalue weighted by atomic mass is 10.1. The van der Waals surface area contributed by atoms with E-state index in [-0.39, 0.29) is 11.5 Å². The molecule has 0 saturated heterocycles. The molecule has 1 aromatic heterocycles. The summed E-state index contributed by atoms with van der Waals surface area (Å²) in [6.07, 6.45) is 0. The van der Waals surface area contributed by atoms with Crippen LogP contribution in [0.4, 0.5) is 11.4 Å². The number of carbonyl (C=O) groups excluding carboxylic acids is 2. The number of hydrogen-bond acceptors (Lipinski definition) is 5. The number of nitrogens with one attached hydrogen (secondary N) is 1. The average molecular weight is 325 g/mol. The molecule has 0 aliphatic heterocycles. The molecule has 0 saturated carbocycles. The molecule has 0 unspecified atom stereocenters. The minimum Gasteiger partial charge on any atom is -0.465 e. The van der Waals surface area contributed by atoms with Crippen LogP contribution in [0.25, 0.3) is 0 Å². The van der Waals surface area contributed by atoms with E-state index < -0.39 is 5.97 Å². The monoisotopic (exact) mass is 324 g/mol. The van der Waals surface area contributed by atoms with Gasteiger partial charge in [0.05, 0.1) is 27.6 Å². The number of benzene rings is 1. The summed E-state index contributed by atoms with van der Waals surface area (Å²) < 4.78 is 5.21. The van der Waals surface area contributed by atoms with Crippen LogP contribution in [-0.4, -0.2) is 19.0 Å². The lowest BCUT2D eigenvalue weighted by Gasteiger charge is -2.12. The molecule has 2 rings (SSSR count). The molecule has 110 valence electrons. The zero-order valence-electron chi connectivity index (χ0n) is 11.4. The Kier molecular flexibility index (Phi) is 4.50. The quantitative estimate of drug-likeness (QED) is 0.670. The molecule has 3 N–H and O–H groups in total. The van der Waals surface area contributed by atoms with Crippen molar-refractivity contribution in [1.82, 2.24) is 0 Å². The number of halogens is 1. The van der Waals surface area contributed by atoms with Gasteiger partial charge in [-0.1, -0.05) is 11.6 Å². The molecule has 0 bridgehead atoms. The van der Waals surface area contributed by atoms with E-state index in [4.69, 9.17) is 22.1 Å². The fourth-order valence-corrected chi connectivity index (χ4v) is 2.67. The molecule has 0 atom stereocenters. The lowest BCUT2D eigenvalue weighted by molar-refractivity contribution is 0.0602. The van der Waals surface area contributed by atoms with Crippen molar-refractivity contribution in [3.05, 3.63) is 44.6 Å². The predicted molar refractivity (Wildman–Crippen MR) is 84.2 cm³/mol. The third-order valence-electron chi connectivity index (χ3n) is 2.86. The largest absolute Gasteiger partial charge is 0.465 e. The first-order chi connectivity index (χ1) is 9.92. The van der Waals surface area contributed by atoms with Gasteiger partial charge in [0.2, 0.25) is 0 Å². The van der Waals surface area contributed by atoms with Crippen molar-refractivity contribution in [2.75, 3.05) is 18.2 Å². The average Bonchev–Trinajstić information content (AvgIpc) is 2.88. The number of carbonyl (C=O) groups is 2. The standard InChI is InChI=1S/C14H13ClN2O3S/c1-7-5-10(8(6-9(7)16)14(19)20-2)17-13(18)11-3-4-12(15)21-11/h3-6H,16H2,1-2H3,(H,17,18). The summed E-state index contributed by atoms with van der Waals surface area (Å²) in [6.45, 7) is 1.79. The highest BCUT2D eigenvalue weighted by Crippen LogP contribution is 2.26. The Hall–Kier alpha value is -2.05. The van der Waals surface area contributed by atoms with Crippen molar-refractivity contribution in [1.29, 1.82) is 0 Å². The smallest absolute Gasteiger partial charge is 0.340 e. The molecule has 7 heteroatoms. The van der Waals surface area contributed by atoms with E-state index in [1.807, 2.05) is 0 Å². The van der Waals surface area contributed by atoms with Crippen LogP contribution < -0.4 is 11.1 Å². The topological polar surface area (TPSA) is 81.4 Å². The Morgan fingerprint density at radius 3 is 2.62 bits per heavy atom. The molecule has 1 heterocycles. The number of amides is 1.